The summed E-state index contributed by atoms with van der Waals surface area (Å²) >= 11 is 0. The summed E-state index contributed by atoms with van der Waals surface area (Å²) in [4.78, 5) is 4.29. The second-order valence-electron chi connectivity index (χ2n) is 5.73. The summed E-state index contributed by atoms with van der Waals surface area (Å²) in [6.45, 7) is -0.270. The minimum atomic E-state index is -4.77. The van der Waals surface area contributed by atoms with Crippen molar-refractivity contribution in [2.45, 2.75) is 24.4 Å². The zero-order chi connectivity index (χ0) is 21.0. The number of nitrogens with zero attached hydrogens (tertiary/aromatic N) is 3. The number of benzene rings is 1. The number of rotatable bonds is 3. The normalized spacial score (nSPS) is 25.1. The fourth-order valence-electron chi connectivity index (χ4n) is 2.68. The second-order valence-corrected chi connectivity index (χ2v) is 7.28. The molecule has 1 aromatic carbocycles. The molecule has 15 heteroatoms. The first-order chi connectivity index (χ1) is 13.0. The Morgan fingerprint density at radius 1 is 1.46 bits per heavy atom. The van der Waals surface area contributed by atoms with Crippen molar-refractivity contribution >= 4 is 22.8 Å². The highest BCUT2D eigenvalue weighted by atomic mass is 32.2. The Hall–Kier alpha value is -2.46. The van der Waals surface area contributed by atoms with Gasteiger partial charge in [0.05, 0.1) is 6.21 Å². The Bertz CT molecular complexity index is 845. The van der Waals surface area contributed by atoms with Gasteiger partial charge in [0, 0.05) is 19.1 Å². The third-order valence-corrected chi connectivity index (χ3v) is 4.94. The summed E-state index contributed by atoms with van der Waals surface area (Å²) in [6.07, 6.45) is -3.42. The van der Waals surface area contributed by atoms with Crippen LogP contribution in [-0.4, -0.2) is 48.9 Å². The summed E-state index contributed by atoms with van der Waals surface area (Å²) in [7, 11) is -4.06. The van der Waals surface area contributed by atoms with Crippen LogP contribution < -0.4 is 21.7 Å². The molecule has 3 rings (SSSR count). The van der Waals surface area contributed by atoms with E-state index in [1.54, 1.807) is 29.7 Å². The van der Waals surface area contributed by atoms with Crippen molar-refractivity contribution in [3.05, 3.63) is 35.4 Å². The number of nitrogens with two attached hydrogens (primary N) is 2. The minimum absolute atomic E-state index is 0.00970. The first-order valence-electron chi connectivity index (χ1n) is 7.59. The topological polar surface area (TPSA) is 168 Å². The summed E-state index contributed by atoms with van der Waals surface area (Å²) in [6, 6.07) is 5.61. The molecule has 0 aliphatic carbocycles. The van der Waals surface area contributed by atoms with Gasteiger partial charge in [-0.3, -0.25) is 10.3 Å². The number of alkyl halides is 3. The molecule has 0 amide bonds. The maximum Gasteiger partial charge on any atom is 0.428 e. The van der Waals surface area contributed by atoms with Crippen molar-refractivity contribution in [1.29, 1.82) is 0 Å². The summed E-state index contributed by atoms with van der Waals surface area (Å²) < 4.78 is 64.5. The summed E-state index contributed by atoms with van der Waals surface area (Å²) in [5.74, 6) is 0. The van der Waals surface area contributed by atoms with Gasteiger partial charge in [-0.1, -0.05) is 40.1 Å². The van der Waals surface area contributed by atoms with Crippen LogP contribution in [0.25, 0.3) is 0 Å². The Kier molecular flexibility index (Phi) is 6.45. The van der Waals surface area contributed by atoms with Crippen molar-refractivity contribution < 1.29 is 31.7 Å². The molecule has 156 valence electrons. The summed E-state index contributed by atoms with van der Waals surface area (Å²) in [5.41, 5.74) is 4.64. The largest absolute Gasteiger partial charge is 0.428 e. The Balaban J connectivity index is 0.000000640. The van der Waals surface area contributed by atoms with Gasteiger partial charge in [-0.25, -0.2) is 5.14 Å². The second kappa shape index (κ2) is 8.27. The average molecular weight is 425 g/mol. The number of hydroxylamine groups is 1. The van der Waals surface area contributed by atoms with Gasteiger partial charge in [0.2, 0.25) is 5.66 Å². The number of oxime groups is 2. The monoisotopic (exact) mass is 425 g/mol. The lowest BCUT2D eigenvalue weighted by Crippen LogP contribution is -2.67. The van der Waals surface area contributed by atoms with Gasteiger partial charge in [0.25, 0.3) is 10.2 Å². The predicted octanol–water partition coefficient (Wildman–Crippen LogP) is -0.522. The van der Waals surface area contributed by atoms with E-state index in [2.05, 4.69) is 26.3 Å². The van der Waals surface area contributed by atoms with E-state index < -0.39 is 28.1 Å². The van der Waals surface area contributed by atoms with E-state index in [9.17, 15) is 21.6 Å². The van der Waals surface area contributed by atoms with E-state index in [1.165, 1.54) is 0 Å². The predicted molar refractivity (Wildman–Crippen MR) is 91.8 cm³/mol. The molecule has 0 spiro atoms. The number of halogens is 3. The van der Waals surface area contributed by atoms with E-state index in [1.807, 2.05) is 0 Å². The van der Waals surface area contributed by atoms with Gasteiger partial charge >= 0.3 is 6.18 Å². The molecule has 0 bridgehead atoms. The van der Waals surface area contributed by atoms with Crippen LogP contribution in [0.4, 0.5) is 13.2 Å². The van der Waals surface area contributed by atoms with Crippen molar-refractivity contribution in [2.75, 3.05) is 6.54 Å². The zero-order valence-electron chi connectivity index (χ0n) is 14.2. The maximum absolute atomic E-state index is 13.4. The molecular weight excluding hydrogens is 407 g/mol. The van der Waals surface area contributed by atoms with Gasteiger partial charge in [-0.2, -0.15) is 25.9 Å². The lowest BCUT2D eigenvalue weighted by molar-refractivity contribution is -0.207. The molecule has 2 aliphatic heterocycles. The quantitative estimate of drug-likeness (QED) is 0.188. The van der Waals surface area contributed by atoms with Crippen LogP contribution in [0, 0.1) is 0 Å². The maximum atomic E-state index is 13.4. The van der Waals surface area contributed by atoms with E-state index >= 15 is 0 Å². The summed E-state index contributed by atoms with van der Waals surface area (Å²) in [5, 5.41) is 20.3. The first-order valence-corrected chi connectivity index (χ1v) is 9.10. The molecule has 28 heavy (non-hydrogen) atoms. The van der Waals surface area contributed by atoms with Crippen LogP contribution in [-0.2, 0) is 21.7 Å². The minimum Gasteiger partial charge on any atom is -0.410 e. The van der Waals surface area contributed by atoms with Crippen LogP contribution in [0.2, 0.25) is 0 Å². The van der Waals surface area contributed by atoms with Crippen molar-refractivity contribution in [3.8, 4) is 0 Å². The fourth-order valence-corrected chi connectivity index (χ4v) is 3.35. The Morgan fingerprint density at radius 3 is 2.61 bits per heavy atom. The third kappa shape index (κ3) is 4.68. The molecule has 2 atom stereocenters. The lowest BCUT2D eigenvalue weighted by atomic mass is 9.95. The number of nitrogens with one attached hydrogen (secondary N) is 2. The molecule has 0 saturated carbocycles. The first kappa shape index (κ1) is 21.8. The SMILES string of the molecule is NC=NO.NS(=O)(=O)N1Cc2ccccc2C(NC2(C(F)(F)F)C=NON2)C1. The Labute approximate surface area is 157 Å². The highest BCUT2D eigenvalue weighted by Gasteiger charge is 2.59. The van der Waals surface area contributed by atoms with Crippen LogP contribution in [0.1, 0.15) is 17.2 Å². The molecule has 0 fully saturated rings. The molecule has 2 unspecified atom stereocenters. The van der Waals surface area contributed by atoms with Crippen molar-refractivity contribution in [1.82, 2.24) is 15.1 Å². The highest BCUT2D eigenvalue weighted by molar-refractivity contribution is 7.86. The number of hydrogen-bond donors (Lipinski definition) is 5. The van der Waals surface area contributed by atoms with Crippen LogP contribution >= 0.6 is 0 Å². The molecule has 0 saturated heterocycles. The Morgan fingerprint density at radius 2 is 2.11 bits per heavy atom. The fraction of sp³-hybridized carbons (Fsp3) is 0.385. The van der Waals surface area contributed by atoms with Crippen molar-refractivity contribution in [3.63, 3.8) is 0 Å². The van der Waals surface area contributed by atoms with E-state index in [0.717, 1.165) is 10.6 Å². The van der Waals surface area contributed by atoms with Crippen LogP contribution in [0.3, 0.4) is 0 Å². The molecular formula is C13H18F3N7O4S. The van der Waals surface area contributed by atoms with Crippen LogP contribution in [0.15, 0.2) is 34.6 Å². The smallest absolute Gasteiger partial charge is 0.410 e. The van der Waals surface area contributed by atoms with Gasteiger partial charge in [-0.15, -0.1) is 0 Å². The van der Waals surface area contributed by atoms with Gasteiger partial charge in [-0.05, 0) is 11.1 Å². The number of hydrogen-bond acceptors (Lipinski definition) is 8. The molecule has 1 aromatic rings. The third-order valence-electron chi connectivity index (χ3n) is 3.94. The lowest BCUT2D eigenvalue weighted by Gasteiger charge is -2.38. The zero-order valence-corrected chi connectivity index (χ0v) is 15.0. The number of fused-ring (bicyclic) bond motifs is 1. The molecule has 2 aliphatic rings. The average Bonchev–Trinajstić information content (AvgIpc) is 3.11. The van der Waals surface area contributed by atoms with E-state index in [0.29, 0.717) is 17.3 Å². The van der Waals surface area contributed by atoms with Gasteiger partial charge in [0.15, 0.2) is 0 Å². The molecule has 0 radical (unpaired) electrons. The van der Waals surface area contributed by atoms with Crippen LogP contribution in [0.5, 0.6) is 0 Å². The van der Waals surface area contributed by atoms with Gasteiger partial charge in [0.1, 0.15) is 6.34 Å². The standard InChI is InChI=1S/C12H14F3N5O3S.CH4N2O/c13-12(14,15)11(7-17-23-19-11)18-10-6-20(24(16,21)22)5-8-3-1-2-4-9(8)10;2-1-3-4/h1-4,7,10,18-19H,5-6H2,(H2,16,21,22);1,4H,(H2,2,3). The highest BCUT2D eigenvalue weighted by Crippen LogP contribution is 2.34. The van der Waals surface area contributed by atoms with E-state index in [-0.39, 0.29) is 13.1 Å². The molecule has 7 N–H and O–H groups in total. The van der Waals surface area contributed by atoms with Gasteiger partial charge < -0.3 is 10.9 Å². The van der Waals surface area contributed by atoms with Crippen molar-refractivity contribution in [2.24, 2.45) is 21.2 Å². The van der Waals surface area contributed by atoms with E-state index in [4.69, 9.17) is 10.3 Å². The molecule has 2 heterocycles. The molecule has 11 nitrogen and oxygen atoms in total. The molecule has 0 aromatic heterocycles.